The van der Waals surface area contributed by atoms with Crippen LogP contribution in [0.2, 0.25) is 0 Å². The lowest BCUT2D eigenvalue weighted by molar-refractivity contribution is -0.166. The lowest BCUT2D eigenvalue weighted by Crippen LogP contribution is -2.72. The normalized spacial score (nSPS) is 23.7. The number of hydrogen-bond acceptors (Lipinski definition) is 4. The summed E-state index contributed by atoms with van der Waals surface area (Å²) in [4.78, 5) is 40.0. The molecule has 0 aromatic heterocycles. The van der Waals surface area contributed by atoms with Gasteiger partial charge in [0.15, 0.2) is 5.54 Å². The van der Waals surface area contributed by atoms with Crippen LogP contribution in [0.25, 0.3) is 0 Å². The van der Waals surface area contributed by atoms with Crippen LogP contribution in [0.15, 0.2) is 54.6 Å². The molecule has 2 aliphatic heterocycles. The summed E-state index contributed by atoms with van der Waals surface area (Å²) in [5, 5.41) is 2.82. The number of hydrogen-bond donors (Lipinski definition) is 1. The Morgan fingerprint density at radius 1 is 1.04 bits per heavy atom. The Labute approximate surface area is 157 Å². The third-order valence-electron chi connectivity index (χ3n) is 4.88. The van der Waals surface area contributed by atoms with Crippen molar-refractivity contribution in [3.05, 3.63) is 65.7 Å². The highest BCUT2D eigenvalue weighted by atomic mass is 16.6. The van der Waals surface area contributed by atoms with Crippen LogP contribution in [0.1, 0.15) is 37.8 Å². The molecule has 1 N–H and O–H groups in total. The van der Waals surface area contributed by atoms with Crippen LogP contribution in [0.3, 0.4) is 0 Å². The lowest BCUT2D eigenvalue weighted by Gasteiger charge is -2.52. The van der Waals surface area contributed by atoms with Gasteiger partial charge in [-0.05, 0) is 32.4 Å². The largest absolute Gasteiger partial charge is 0.443 e. The number of carbonyl (C=O) groups excluding carboxylic acids is 3. The number of fused-ring (bicyclic) bond motifs is 2. The molecule has 0 bridgehead atoms. The molecule has 2 aliphatic rings. The number of β-lactam (4-membered cyclic amide) rings is 1. The molecule has 3 amide bonds. The van der Waals surface area contributed by atoms with Crippen LogP contribution >= 0.6 is 0 Å². The van der Waals surface area contributed by atoms with Gasteiger partial charge >= 0.3 is 6.09 Å². The van der Waals surface area contributed by atoms with Gasteiger partial charge in [0.2, 0.25) is 5.91 Å². The SMILES string of the molecule is CC(C)(C)OC(=O)N1C(=O)[C@H](c2ccccc2)[C@@]12C(=O)Nc1ccccc12. The summed E-state index contributed by atoms with van der Waals surface area (Å²) in [5.41, 5.74) is -0.324. The number of nitrogens with zero attached hydrogens (tertiary/aromatic N) is 1. The number of para-hydroxylation sites is 1. The molecular formula is C21H20N2O4. The van der Waals surface area contributed by atoms with Crippen LogP contribution in [0.4, 0.5) is 10.5 Å². The summed E-state index contributed by atoms with van der Waals surface area (Å²) in [7, 11) is 0. The Balaban J connectivity index is 1.88. The number of anilines is 1. The molecule has 2 atom stereocenters. The van der Waals surface area contributed by atoms with Gasteiger partial charge in [0, 0.05) is 11.3 Å². The van der Waals surface area contributed by atoms with Crippen LogP contribution in [0.5, 0.6) is 0 Å². The average molecular weight is 364 g/mol. The highest BCUT2D eigenvalue weighted by Crippen LogP contribution is 2.57. The molecule has 138 valence electrons. The first-order chi connectivity index (χ1) is 12.8. The predicted molar refractivity (Wildman–Crippen MR) is 99.0 cm³/mol. The molecule has 1 spiro atoms. The molecule has 0 unspecified atom stereocenters. The third-order valence-corrected chi connectivity index (χ3v) is 4.88. The molecule has 1 saturated heterocycles. The first-order valence-corrected chi connectivity index (χ1v) is 8.80. The Morgan fingerprint density at radius 2 is 1.67 bits per heavy atom. The standard InChI is InChI=1S/C21H20N2O4/c1-20(2,3)27-19(26)23-17(24)16(13-9-5-4-6-10-13)21(23)14-11-7-8-12-15(14)22-18(21)25/h4-12,16H,1-3H3,(H,22,25)/t16-,21-/m0/s1. The molecule has 6 heteroatoms. The quantitative estimate of drug-likeness (QED) is 0.787. The van der Waals surface area contributed by atoms with Gasteiger partial charge in [-0.2, -0.15) is 0 Å². The molecule has 0 aliphatic carbocycles. The minimum atomic E-state index is -1.43. The number of ether oxygens (including phenoxy) is 1. The Bertz CT molecular complexity index is 948. The van der Waals surface area contributed by atoms with Crippen molar-refractivity contribution in [1.29, 1.82) is 0 Å². The van der Waals surface area contributed by atoms with Gasteiger partial charge in [-0.3, -0.25) is 9.59 Å². The summed E-state index contributed by atoms with van der Waals surface area (Å²) < 4.78 is 5.43. The Hall–Kier alpha value is -3.15. The van der Waals surface area contributed by atoms with Crippen LogP contribution in [0, 0.1) is 0 Å². The smallest absolute Gasteiger partial charge is 0.418 e. The fraction of sp³-hybridized carbons (Fsp3) is 0.286. The van der Waals surface area contributed by atoms with E-state index < -0.39 is 35.0 Å². The molecule has 6 nitrogen and oxygen atoms in total. The zero-order chi connectivity index (χ0) is 19.4. The Morgan fingerprint density at radius 3 is 2.33 bits per heavy atom. The molecule has 0 radical (unpaired) electrons. The van der Waals surface area contributed by atoms with E-state index in [4.69, 9.17) is 4.74 Å². The number of likely N-dealkylation sites (tertiary alicyclic amines) is 1. The minimum Gasteiger partial charge on any atom is -0.443 e. The number of nitrogens with one attached hydrogen (secondary N) is 1. The number of imide groups is 1. The van der Waals surface area contributed by atoms with Crippen molar-refractivity contribution in [3.63, 3.8) is 0 Å². The van der Waals surface area contributed by atoms with E-state index in [-0.39, 0.29) is 0 Å². The highest BCUT2D eigenvalue weighted by Gasteiger charge is 2.72. The maximum atomic E-state index is 13.1. The first-order valence-electron chi connectivity index (χ1n) is 8.80. The van der Waals surface area contributed by atoms with E-state index >= 15 is 0 Å². The van der Waals surface area contributed by atoms with E-state index in [0.717, 1.165) is 4.90 Å². The second-order valence-electron chi connectivity index (χ2n) is 7.76. The Kier molecular flexibility index (Phi) is 3.63. The van der Waals surface area contributed by atoms with Crippen LogP contribution in [-0.4, -0.2) is 28.4 Å². The van der Waals surface area contributed by atoms with Gasteiger partial charge in [0.05, 0.1) is 0 Å². The predicted octanol–water partition coefficient (Wildman–Crippen LogP) is 3.40. The summed E-state index contributed by atoms with van der Waals surface area (Å²) in [6.45, 7) is 5.16. The maximum Gasteiger partial charge on any atom is 0.418 e. The van der Waals surface area contributed by atoms with Gasteiger partial charge in [0.1, 0.15) is 11.5 Å². The van der Waals surface area contributed by atoms with E-state index in [1.54, 1.807) is 57.2 Å². The fourth-order valence-electron chi connectivity index (χ4n) is 3.89. The van der Waals surface area contributed by atoms with Crippen LogP contribution < -0.4 is 5.32 Å². The van der Waals surface area contributed by atoms with Gasteiger partial charge in [-0.15, -0.1) is 0 Å². The van der Waals surface area contributed by atoms with Gasteiger partial charge in [-0.25, -0.2) is 9.69 Å². The molecule has 0 saturated carbocycles. The highest BCUT2D eigenvalue weighted by molar-refractivity contribution is 6.20. The maximum absolute atomic E-state index is 13.1. The molecule has 1 fully saturated rings. The summed E-state index contributed by atoms with van der Waals surface area (Å²) in [5.74, 6) is -1.62. The van der Waals surface area contributed by atoms with Gasteiger partial charge < -0.3 is 10.1 Å². The van der Waals surface area contributed by atoms with Gasteiger partial charge in [0.25, 0.3) is 5.91 Å². The van der Waals surface area contributed by atoms with Gasteiger partial charge in [-0.1, -0.05) is 48.5 Å². The number of rotatable bonds is 1. The van der Waals surface area contributed by atoms with Crippen molar-refractivity contribution in [2.45, 2.75) is 37.8 Å². The topological polar surface area (TPSA) is 75.7 Å². The van der Waals surface area contributed by atoms with E-state index in [1.165, 1.54) is 0 Å². The zero-order valence-electron chi connectivity index (χ0n) is 15.4. The lowest BCUT2D eigenvalue weighted by atomic mass is 9.66. The van der Waals surface area contributed by atoms with Crippen molar-refractivity contribution in [2.75, 3.05) is 5.32 Å². The van der Waals surface area contributed by atoms with E-state index in [9.17, 15) is 14.4 Å². The first kappa shape index (κ1) is 17.3. The molecule has 2 heterocycles. The second kappa shape index (κ2) is 5.67. The summed E-state index contributed by atoms with van der Waals surface area (Å²) >= 11 is 0. The number of carbonyl (C=O) groups is 3. The zero-order valence-corrected chi connectivity index (χ0v) is 15.4. The van der Waals surface area contributed by atoms with Crippen molar-refractivity contribution in [2.24, 2.45) is 0 Å². The van der Waals surface area contributed by atoms with Crippen molar-refractivity contribution in [1.82, 2.24) is 4.90 Å². The monoisotopic (exact) mass is 364 g/mol. The second-order valence-corrected chi connectivity index (χ2v) is 7.76. The number of amides is 3. The van der Waals surface area contributed by atoms with Crippen molar-refractivity contribution in [3.8, 4) is 0 Å². The van der Waals surface area contributed by atoms with E-state index in [2.05, 4.69) is 5.32 Å². The summed E-state index contributed by atoms with van der Waals surface area (Å²) in [6.07, 6.45) is -0.813. The van der Waals surface area contributed by atoms with Crippen LogP contribution in [-0.2, 0) is 19.9 Å². The third kappa shape index (κ3) is 2.36. The molecular weight excluding hydrogens is 344 g/mol. The fourth-order valence-corrected chi connectivity index (χ4v) is 3.89. The molecule has 27 heavy (non-hydrogen) atoms. The number of benzene rings is 2. The minimum absolute atomic E-state index is 0.400. The summed E-state index contributed by atoms with van der Waals surface area (Å²) in [6, 6.07) is 16.2. The molecule has 2 aromatic rings. The average Bonchev–Trinajstić information content (AvgIpc) is 2.88. The molecule has 2 aromatic carbocycles. The van der Waals surface area contributed by atoms with Crippen molar-refractivity contribution >= 4 is 23.6 Å². The van der Waals surface area contributed by atoms with Crippen molar-refractivity contribution < 1.29 is 19.1 Å². The molecule has 4 rings (SSSR count). The van der Waals surface area contributed by atoms with E-state index in [1.807, 2.05) is 18.2 Å². The van der Waals surface area contributed by atoms with E-state index in [0.29, 0.717) is 16.8 Å².